The number of benzene rings is 2. The lowest BCUT2D eigenvalue weighted by Crippen LogP contribution is -2.49. The van der Waals surface area contributed by atoms with E-state index in [2.05, 4.69) is 69.9 Å². The quantitative estimate of drug-likeness (QED) is 0.734. The second kappa shape index (κ2) is 4.59. The topological polar surface area (TPSA) is 12.5 Å². The third kappa shape index (κ3) is 1.98. The molecular weight excluding hydrogens is 245 g/mol. The molecule has 3 heteroatoms. The van der Waals surface area contributed by atoms with Crippen LogP contribution in [0.1, 0.15) is 22.3 Å². The molecule has 1 aliphatic heterocycles. The van der Waals surface area contributed by atoms with Gasteiger partial charge in [0.25, 0.3) is 0 Å². The van der Waals surface area contributed by atoms with Crippen molar-refractivity contribution in [1.82, 2.24) is 0 Å². The number of anilines is 1. The highest BCUT2D eigenvalue weighted by Crippen LogP contribution is 2.35. The number of fused-ring (bicyclic) bond motifs is 1. The molecule has 0 radical (unpaired) electrons. The number of rotatable bonds is 1. The van der Waals surface area contributed by atoms with Gasteiger partial charge in [-0.05, 0) is 57.9 Å². The van der Waals surface area contributed by atoms with Gasteiger partial charge < -0.3 is 9.47 Å². The lowest BCUT2D eigenvalue weighted by Gasteiger charge is -2.20. The van der Waals surface area contributed by atoms with E-state index in [1.165, 1.54) is 33.4 Å². The molecule has 2 aromatic carbocycles. The molecule has 0 saturated carbocycles. The van der Waals surface area contributed by atoms with Crippen molar-refractivity contribution in [3.8, 4) is 5.75 Å². The van der Waals surface area contributed by atoms with Crippen LogP contribution in [-0.2, 0) is 0 Å². The van der Waals surface area contributed by atoms with Crippen LogP contribution in [0.2, 0.25) is 0 Å². The maximum Gasteiger partial charge on any atom is 0.519 e. The van der Waals surface area contributed by atoms with Crippen molar-refractivity contribution in [3.63, 3.8) is 0 Å². The minimum absolute atomic E-state index is 0.0209. The van der Waals surface area contributed by atoms with Gasteiger partial charge in [0.15, 0.2) is 0 Å². The first-order chi connectivity index (χ1) is 9.47. The zero-order valence-corrected chi connectivity index (χ0v) is 12.8. The van der Waals surface area contributed by atoms with Crippen LogP contribution in [0.25, 0.3) is 0 Å². The number of hydrogen-bond acceptors (Lipinski definition) is 2. The number of aryl methyl sites for hydroxylation is 4. The van der Waals surface area contributed by atoms with Gasteiger partial charge in [0, 0.05) is 0 Å². The predicted molar refractivity (Wildman–Crippen MR) is 86.3 cm³/mol. The fourth-order valence-corrected chi connectivity index (χ4v) is 3.16. The summed E-state index contributed by atoms with van der Waals surface area (Å²) in [4.78, 5) is 2.23. The SMILES string of the molecule is Cc1cc(C)c(B2Oc3ccc(C)cc3N2C)c(C)c1. The second-order valence-electron chi connectivity index (χ2n) is 5.86. The summed E-state index contributed by atoms with van der Waals surface area (Å²) in [5, 5.41) is 0. The molecule has 0 unspecified atom stereocenters. The molecule has 0 atom stereocenters. The van der Waals surface area contributed by atoms with E-state index in [-0.39, 0.29) is 7.05 Å². The minimum atomic E-state index is -0.0209. The molecule has 0 bridgehead atoms. The summed E-state index contributed by atoms with van der Waals surface area (Å²) in [5.74, 6) is 0.975. The molecule has 2 nitrogen and oxygen atoms in total. The fourth-order valence-electron chi connectivity index (χ4n) is 3.16. The highest BCUT2D eigenvalue weighted by molar-refractivity contribution is 6.73. The van der Waals surface area contributed by atoms with Gasteiger partial charge in [-0.2, -0.15) is 0 Å². The highest BCUT2D eigenvalue weighted by atomic mass is 16.5. The van der Waals surface area contributed by atoms with Gasteiger partial charge in [-0.15, -0.1) is 0 Å². The van der Waals surface area contributed by atoms with Gasteiger partial charge in [0.1, 0.15) is 5.75 Å². The van der Waals surface area contributed by atoms with Crippen molar-refractivity contribution in [2.45, 2.75) is 27.7 Å². The van der Waals surface area contributed by atoms with E-state index >= 15 is 0 Å². The average molecular weight is 265 g/mol. The van der Waals surface area contributed by atoms with Crippen LogP contribution >= 0.6 is 0 Å². The molecule has 102 valence electrons. The van der Waals surface area contributed by atoms with Crippen LogP contribution in [-0.4, -0.2) is 14.1 Å². The number of nitrogens with zero attached hydrogens (tertiary/aromatic N) is 1. The molecule has 0 aliphatic carbocycles. The normalized spacial score (nSPS) is 13.4. The molecule has 0 amide bonds. The Morgan fingerprint density at radius 1 is 0.900 bits per heavy atom. The van der Waals surface area contributed by atoms with E-state index < -0.39 is 0 Å². The van der Waals surface area contributed by atoms with Gasteiger partial charge in [-0.25, -0.2) is 0 Å². The van der Waals surface area contributed by atoms with Crippen LogP contribution in [0, 0.1) is 27.7 Å². The summed E-state index contributed by atoms with van der Waals surface area (Å²) in [6.45, 7) is 8.59. The Morgan fingerprint density at radius 3 is 2.20 bits per heavy atom. The first-order valence-electron chi connectivity index (χ1n) is 7.05. The zero-order chi connectivity index (χ0) is 14.4. The van der Waals surface area contributed by atoms with Crippen LogP contribution < -0.4 is 14.9 Å². The first-order valence-corrected chi connectivity index (χ1v) is 7.05. The molecule has 3 rings (SSSR count). The van der Waals surface area contributed by atoms with Gasteiger partial charge in [-0.1, -0.05) is 34.9 Å². The van der Waals surface area contributed by atoms with Crippen molar-refractivity contribution in [3.05, 3.63) is 52.6 Å². The maximum atomic E-state index is 6.19. The average Bonchev–Trinajstić information content (AvgIpc) is 2.66. The Kier molecular flexibility index (Phi) is 3.00. The van der Waals surface area contributed by atoms with Gasteiger partial charge in [0.2, 0.25) is 0 Å². The number of hydrogen-bond donors (Lipinski definition) is 0. The van der Waals surface area contributed by atoms with Crippen molar-refractivity contribution in [2.75, 3.05) is 11.9 Å². The molecule has 0 aromatic heterocycles. The summed E-state index contributed by atoms with van der Waals surface area (Å²) in [6.07, 6.45) is 0. The lowest BCUT2D eigenvalue weighted by atomic mass is 9.67. The van der Waals surface area contributed by atoms with Crippen molar-refractivity contribution in [1.29, 1.82) is 0 Å². The molecule has 2 aromatic rings. The second-order valence-corrected chi connectivity index (χ2v) is 5.86. The summed E-state index contributed by atoms with van der Waals surface area (Å²) in [7, 11) is 2.08. The molecule has 0 saturated heterocycles. The zero-order valence-electron chi connectivity index (χ0n) is 12.8. The lowest BCUT2D eigenvalue weighted by molar-refractivity contribution is 0.602. The Balaban J connectivity index is 2.07. The van der Waals surface area contributed by atoms with E-state index in [4.69, 9.17) is 4.65 Å². The smallest absolute Gasteiger partial charge is 0.519 e. The molecule has 0 spiro atoms. The van der Waals surface area contributed by atoms with E-state index in [0.717, 1.165) is 5.75 Å². The van der Waals surface area contributed by atoms with Gasteiger partial charge in [0.05, 0.1) is 5.69 Å². The standard InChI is InChI=1S/C17H20BNO/c1-11-6-7-16-15(10-11)19(5)18(20-16)17-13(3)8-12(2)9-14(17)4/h6-10H,1-5H3. The molecule has 1 aliphatic rings. The Morgan fingerprint density at radius 2 is 1.55 bits per heavy atom. The van der Waals surface area contributed by atoms with Crippen molar-refractivity contribution < 1.29 is 4.65 Å². The first kappa shape index (κ1) is 13.1. The maximum absolute atomic E-state index is 6.19. The van der Waals surface area contributed by atoms with Crippen molar-refractivity contribution in [2.24, 2.45) is 0 Å². The molecule has 20 heavy (non-hydrogen) atoms. The third-order valence-electron chi connectivity index (χ3n) is 4.07. The molecular formula is C17H20BNO. The van der Waals surface area contributed by atoms with Gasteiger partial charge in [-0.3, -0.25) is 0 Å². The largest absolute Gasteiger partial charge is 0.536 e. The molecule has 0 N–H and O–H groups in total. The van der Waals surface area contributed by atoms with E-state index in [1.54, 1.807) is 0 Å². The third-order valence-corrected chi connectivity index (χ3v) is 4.07. The van der Waals surface area contributed by atoms with E-state index in [0.29, 0.717) is 0 Å². The van der Waals surface area contributed by atoms with E-state index in [9.17, 15) is 0 Å². The highest BCUT2D eigenvalue weighted by Gasteiger charge is 2.37. The Bertz CT molecular complexity index is 658. The summed E-state index contributed by atoms with van der Waals surface area (Å²) in [5.41, 5.74) is 7.61. The monoisotopic (exact) mass is 265 g/mol. The summed E-state index contributed by atoms with van der Waals surface area (Å²) >= 11 is 0. The van der Waals surface area contributed by atoms with Crippen LogP contribution in [0.15, 0.2) is 30.3 Å². The van der Waals surface area contributed by atoms with E-state index in [1.807, 2.05) is 0 Å². The molecule has 0 fully saturated rings. The summed E-state index contributed by atoms with van der Waals surface area (Å²) in [6, 6.07) is 10.8. The van der Waals surface area contributed by atoms with Crippen molar-refractivity contribution >= 4 is 18.2 Å². The fraction of sp³-hybridized carbons (Fsp3) is 0.294. The minimum Gasteiger partial charge on any atom is -0.536 e. The Hall–Kier alpha value is -1.90. The predicted octanol–water partition coefficient (Wildman–Crippen LogP) is 3.14. The summed E-state index contributed by atoms with van der Waals surface area (Å²) < 4.78 is 6.19. The van der Waals surface area contributed by atoms with Crippen LogP contribution in [0.3, 0.4) is 0 Å². The molecule has 1 heterocycles. The Labute approximate surface area is 121 Å². The van der Waals surface area contributed by atoms with Crippen LogP contribution in [0.5, 0.6) is 5.75 Å². The van der Waals surface area contributed by atoms with Crippen LogP contribution in [0.4, 0.5) is 5.69 Å². The van der Waals surface area contributed by atoms with Gasteiger partial charge >= 0.3 is 7.05 Å².